The summed E-state index contributed by atoms with van der Waals surface area (Å²) in [7, 11) is 0. The molecule has 1 saturated carbocycles. The molecule has 0 unspecified atom stereocenters. The Morgan fingerprint density at radius 3 is 2.57 bits per heavy atom. The standard InChI is InChI=1S/C17H14ClFN2O2/c18-11-4-7-14(15(19)9-11)17(23)21-13-3-1-2-10(8-13)16(22)20-12-5-6-12/h1-4,7-9,12H,5-6H2,(H,20,22)(H,21,23). The molecule has 0 aromatic heterocycles. The van der Waals surface area contributed by atoms with Crippen LogP contribution in [-0.2, 0) is 0 Å². The van der Waals surface area contributed by atoms with Crippen molar-refractivity contribution in [1.82, 2.24) is 5.32 Å². The first-order chi connectivity index (χ1) is 11.0. The van der Waals surface area contributed by atoms with E-state index in [1.807, 2.05) is 0 Å². The number of halogens is 2. The van der Waals surface area contributed by atoms with Gasteiger partial charge in [0.1, 0.15) is 5.82 Å². The van der Waals surface area contributed by atoms with Gasteiger partial charge in [-0.2, -0.15) is 0 Å². The summed E-state index contributed by atoms with van der Waals surface area (Å²) in [6, 6.07) is 10.6. The van der Waals surface area contributed by atoms with Gasteiger partial charge in [-0.3, -0.25) is 9.59 Å². The van der Waals surface area contributed by atoms with E-state index in [2.05, 4.69) is 10.6 Å². The van der Waals surface area contributed by atoms with Crippen LogP contribution in [0.5, 0.6) is 0 Å². The van der Waals surface area contributed by atoms with E-state index in [4.69, 9.17) is 11.6 Å². The molecule has 3 rings (SSSR count). The van der Waals surface area contributed by atoms with Crippen LogP contribution in [0.3, 0.4) is 0 Å². The molecule has 0 aliphatic heterocycles. The molecule has 1 fully saturated rings. The average molecular weight is 333 g/mol. The van der Waals surface area contributed by atoms with Crippen LogP contribution in [0.1, 0.15) is 33.6 Å². The molecule has 2 aromatic rings. The summed E-state index contributed by atoms with van der Waals surface area (Å²) >= 11 is 5.67. The van der Waals surface area contributed by atoms with Crippen LogP contribution in [0.15, 0.2) is 42.5 Å². The fourth-order valence-corrected chi connectivity index (χ4v) is 2.27. The van der Waals surface area contributed by atoms with Gasteiger partial charge in [0.2, 0.25) is 0 Å². The van der Waals surface area contributed by atoms with Crippen LogP contribution in [-0.4, -0.2) is 17.9 Å². The third-order valence-corrected chi connectivity index (χ3v) is 3.71. The Bertz CT molecular complexity index is 775. The van der Waals surface area contributed by atoms with E-state index in [0.29, 0.717) is 11.3 Å². The summed E-state index contributed by atoms with van der Waals surface area (Å²) in [5.74, 6) is -1.47. The van der Waals surface area contributed by atoms with Gasteiger partial charge >= 0.3 is 0 Å². The lowest BCUT2D eigenvalue weighted by Crippen LogP contribution is -2.25. The fraction of sp³-hybridized carbons (Fsp3) is 0.176. The summed E-state index contributed by atoms with van der Waals surface area (Å²) in [6.07, 6.45) is 2.00. The maximum Gasteiger partial charge on any atom is 0.258 e. The van der Waals surface area contributed by atoms with Gasteiger partial charge in [-0.1, -0.05) is 17.7 Å². The molecule has 2 amide bonds. The van der Waals surface area contributed by atoms with Crippen LogP contribution in [0.2, 0.25) is 5.02 Å². The Balaban J connectivity index is 1.74. The topological polar surface area (TPSA) is 58.2 Å². The molecule has 4 nitrogen and oxygen atoms in total. The Morgan fingerprint density at radius 1 is 1.09 bits per heavy atom. The van der Waals surface area contributed by atoms with Crippen LogP contribution in [0.25, 0.3) is 0 Å². The van der Waals surface area contributed by atoms with Crippen molar-refractivity contribution in [3.8, 4) is 0 Å². The van der Waals surface area contributed by atoms with Gasteiger partial charge in [0.25, 0.3) is 11.8 Å². The van der Waals surface area contributed by atoms with E-state index in [0.717, 1.165) is 18.9 Å². The molecule has 118 valence electrons. The van der Waals surface area contributed by atoms with Crippen molar-refractivity contribution < 1.29 is 14.0 Å². The minimum Gasteiger partial charge on any atom is -0.349 e. The predicted molar refractivity (Wildman–Crippen MR) is 86.3 cm³/mol. The molecule has 0 bridgehead atoms. The highest BCUT2D eigenvalue weighted by Gasteiger charge is 2.23. The van der Waals surface area contributed by atoms with Crippen molar-refractivity contribution in [3.05, 3.63) is 64.4 Å². The van der Waals surface area contributed by atoms with Crippen LogP contribution >= 0.6 is 11.6 Å². The number of benzene rings is 2. The van der Waals surface area contributed by atoms with E-state index in [9.17, 15) is 14.0 Å². The summed E-state index contributed by atoms with van der Waals surface area (Å²) in [4.78, 5) is 24.1. The number of carbonyl (C=O) groups excluding carboxylic acids is 2. The van der Waals surface area contributed by atoms with Crippen LogP contribution < -0.4 is 10.6 Å². The molecule has 2 N–H and O–H groups in total. The van der Waals surface area contributed by atoms with Crippen molar-refractivity contribution >= 4 is 29.1 Å². The lowest BCUT2D eigenvalue weighted by Gasteiger charge is -2.08. The van der Waals surface area contributed by atoms with Gasteiger partial charge in [-0.15, -0.1) is 0 Å². The first-order valence-corrected chi connectivity index (χ1v) is 7.58. The Morgan fingerprint density at radius 2 is 1.87 bits per heavy atom. The lowest BCUT2D eigenvalue weighted by molar-refractivity contribution is 0.0949. The Kier molecular flexibility index (Phi) is 4.30. The summed E-state index contributed by atoms with van der Waals surface area (Å²) in [5, 5.41) is 5.67. The molecule has 6 heteroatoms. The average Bonchev–Trinajstić information content (AvgIpc) is 3.31. The van der Waals surface area contributed by atoms with E-state index in [-0.39, 0.29) is 22.5 Å². The molecule has 0 saturated heterocycles. The number of anilines is 1. The number of nitrogens with one attached hydrogen (secondary N) is 2. The summed E-state index contributed by atoms with van der Waals surface area (Å²) in [6.45, 7) is 0. The highest BCUT2D eigenvalue weighted by molar-refractivity contribution is 6.30. The Labute approximate surface area is 137 Å². The maximum absolute atomic E-state index is 13.8. The molecular formula is C17H14ClFN2O2. The van der Waals surface area contributed by atoms with Crippen LogP contribution in [0.4, 0.5) is 10.1 Å². The second kappa shape index (κ2) is 6.38. The lowest BCUT2D eigenvalue weighted by atomic mass is 10.1. The minimum atomic E-state index is -0.697. The third kappa shape index (κ3) is 3.87. The van der Waals surface area contributed by atoms with Gasteiger partial charge in [-0.05, 0) is 49.2 Å². The minimum absolute atomic E-state index is 0.109. The van der Waals surface area contributed by atoms with Crippen molar-refractivity contribution in [2.45, 2.75) is 18.9 Å². The van der Waals surface area contributed by atoms with Crippen LogP contribution in [0, 0.1) is 5.82 Å². The molecule has 0 radical (unpaired) electrons. The van der Waals surface area contributed by atoms with Gasteiger partial charge in [-0.25, -0.2) is 4.39 Å². The molecule has 2 aromatic carbocycles. The zero-order chi connectivity index (χ0) is 16.4. The highest BCUT2D eigenvalue weighted by Crippen LogP contribution is 2.20. The second-order valence-corrected chi connectivity index (χ2v) is 5.84. The molecule has 0 atom stereocenters. The summed E-state index contributed by atoms with van der Waals surface area (Å²) < 4.78 is 13.8. The van der Waals surface area contributed by atoms with E-state index >= 15 is 0 Å². The fourth-order valence-electron chi connectivity index (χ4n) is 2.11. The molecule has 1 aliphatic carbocycles. The zero-order valence-electron chi connectivity index (χ0n) is 12.1. The highest BCUT2D eigenvalue weighted by atomic mass is 35.5. The second-order valence-electron chi connectivity index (χ2n) is 5.41. The van der Waals surface area contributed by atoms with Gasteiger partial charge in [0, 0.05) is 22.3 Å². The smallest absolute Gasteiger partial charge is 0.258 e. The van der Waals surface area contributed by atoms with Gasteiger partial charge in [0.05, 0.1) is 5.56 Å². The molecular weight excluding hydrogens is 319 g/mol. The number of carbonyl (C=O) groups is 2. The summed E-state index contributed by atoms with van der Waals surface area (Å²) in [5.41, 5.74) is 0.765. The number of hydrogen-bond acceptors (Lipinski definition) is 2. The number of amides is 2. The van der Waals surface area contributed by atoms with Crippen molar-refractivity contribution in [2.75, 3.05) is 5.32 Å². The molecule has 0 spiro atoms. The van der Waals surface area contributed by atoms with Crippen molar-refractivity contribution in [3.63, 3.8) is 0 Å². The SMILES string of the molecule is O=C(NC1CC1)c1cccc(NC(=O)c2ccc(Cl)cc2F)c1. The maximum atomic E-state index is 13.8. The molecule has 23 heavy (non-hydrogen) atoms. The number of rotatable bonds is 4. The number of hydrogen-bond donors (Lipinski definition) is 2. The van der Waals surface area contributed by atoms with E-state index in [1.165, 1.54) is 12.1 Å². The molecule has 0 heterocycles. The largest absolute Gasteiger partial charge is 0.349 e. The van der Waals surface area contributed by atoms with E-state index < -0.39 is 11.7 Å². The predicted octanol–water partition coefficient (Wildman–Crippen LogP) is 3.62. The normalized spacial score (nSPS) is 13.5. The monoisotopic (exact) mass is 332 g/mol. The first-order valence-electron chi connectivity index (χ1n) is 7.20. The van der Waals surface area contributed by atoms with Crippen molar-refractivity contribution in [1.29, 1.82) is 0 Å². The molecule has 1 aliphatic rings. The zero-order valence-corrected chi connectivity index (χ0v) is 12.9. The Hall–Kier alpha value is -2.40. The van der Waals surface area contributed by atoms with Crippen molar-refractivity contribution in [2.24, 2.45) is 0 Å². The first kappa shape index (κ1) is 15.5. The van der Waals surface area contributed by atoms with Gasteiger partial charge < -0.3 is 10.6 Å². The quantitative estimate of drug-likeness (QED) is 0.898. The van der Waals surface area contributed by atoms with E-state index in [1.54, 1.807) is 24.3 Å². The van der Waals surface area contributed by atoms with Gasteiger partial charge in [0.15, 0.2) is 0 Å². The third-order valence-electron chi connectivity index (χ3n) is 3.47.